The summed E-state index contributed by atoms with van der Waals surface area (Å²) < 4.78 is 5.17. The molecule has 1 aliphatic rings. The van der Waals surface area contributed by atoms with Crippen molar-refractivity contribution >= 4 is 23.1 Å². The van der Waals surface area contributed by atoms with E-state index in [0.29, 0.717) is 23.4 Å². The highest BCUT2D eigenvalue weighted by Crippen LogP contribution is 2.37. The van der Waals surface area contributed by atoms with E-state index in [0.717, 1.165) is 18.3 Å². The van der Waals surface area contributed by atoms with E-state index in [1.165, 1.54) is 12.8 Å². The van der Waals surface area contributed by atoms with Gasteiger partial charge in [0, 0.05) is 25.9 Å². The third-order valence-electron chi connectivity index (χ3n) is 3.47. The number of nitrogens with two attached hydrogens (primary N) is 1. The second-order valence-corrected chi connectivity index (χ2v) is 5.27. The fraction of sp³-hybridized carbons (Fsp3) is 0.615. The molecule has 100 valence electrons. The molecule has 1 atom stereocenters. The maximum absolute atomic E-state index is 6.02. The zero-order chi connectivity index (χ0) is 13.1. The highest BCUT2D eigenvalue weighted by molar-refractivity contribution is 6.30. The van der Waals surface area contributed by atoms with Gasteiger partial charge in [-0.05, 0) is 31.7 Å². The van der Waals surface area contributed by atoms with Gasteiger partial charge in [-0.3, -0.25) is 0 Å². The number of nitrogens with zero attached hydrogens (tertiary/aromatic N) is 2. The summed E-state index contributed by atoms with van der Waals surface area (Å²) in [5.41, 5.74) is 6.65. The summed E-state index contributed by atoms with van der Waals surface area (Å²) >= 11 is 5.89. The molecule has 1 heterocycles. The van der Waals surface area contributed by atoms with E-state index in [1.54, 1.807) is 19.4 Å². The Hall–Kier alpha value is -1.00. The summed E-state index contributed by atoms with van der Waals surface area (Å²) in [6.45, 7) is 3.69. The van der Waals surface area contributed by atoms with Gasteiger partial charge in [-0.1, -0.05) is 11.6 Å². The SMILES string of the molecule is COCCN(c1ncc(Cl)cc1N)C(C)C1CC1. The van der Waals surface area contributed by atoms with Crippen LogP contribution >= 0.6 is 11.6 Å². The van der Waals surface area contributed by atoms with E-state index in [-0.39, 0.29) is 0 Å². The Morgan fingerprint density at radius 2 is 2.33 bits per heavy atom. The number of nitrogen functional groups attached to an aromatic ring is 1. The van der Waals surface area contributed by atoms with Gasteiger partial charge in [-0.15, -0.1) is 0 Å². The Morgan fingerprint density at radius 1 is 1.61 bits per heavy atom. The number of hydrogen-bond donors (Lipinski definition) is 1. The van der Waals surface area contributed by atoms with Gasteiger partial charge in [-0.25, -0.2) is 4.98 Å². The van der Waals surface area contributed by atoms with Gasteiger partial charge in [0.1, 0.15) is 0 Å². The maximum atomic E-state index is 6.02. The van der Waals surface area contributed by atoms with Crippen LogP contribution in [0.25, 0.3) is 0 Å². The lowest BCUT2D eigenvalue weighted by atomic mass is 10.1. The number of aromatic nitrogens is 1. The molecule has 2 rings (SSSR count). The van der Waals surface area contributed by atoms with Crippen LogP contribution in [-0.4, -0.2) is 31.3 Å². The number of pyridine rings is 1. The number of halogens is 1. The van der Waals surface area contributed by atoms with Crippen molar-refractivity contribution in [1.29, 1.82) is 0 Å². The summed E-state index contributed by atoms with van der Waals surface area (Å²) in [4.78, 5) is 6.60. The third kappa shape index (κ3) is 3.06. The molecule has 0 amide bonds. The Kier molecular flexibility index (Phi) is 4.30. The largest absolute Gasteiger partial charge is 0.396 e. The summed E-state index contributed by atoms with van der Waals surface area (Å²) in [6, 6.07) is 2.19. The van der Waals surface area contributed by atoms with Crippen molar-refractivity contribution in [1.82, 2.24) is 4.98 Å². The van der Waals surface area contributed by atoms with Gasteiger partial charge < -0.3 is 15.4 Å². The normalized spacial score (nSPS) is 16.6. The molecule has 0 aliphatic heterocycles. The predicted molar refractivity (Wildman–Crippen MR) is 75.1 cm³/mol. The molecule has 2 N–H and O–H groups in total. The predicted octanol–water partition coefficient (Wildman–Crippen LogP) is 2.57. The minimum Gasteiger partial charge on any atom is -0.396 e. The number of methoxy groups -OCH3 is 1. The number of ether oxygens (including phenoxy) is 1. The fourth-order valence-corrected chi connectivity index (χ4v) is 2.38. The molecule has 0 bridgehead atoms. The number of rotatable bonds is 6. The zero-order valence-corrected chi connectivity index (χ0v) is 11.7. The van der Waals surface area contributed by atoms with E-state index in [2.05, 4.69) is 16.8 Å². The highest BCUT2D eigenvalue weighted by atomic mass is 35.5. The van der Waals surface area contributed by atoms with Crippen molar-refractivity contribution in [3.8, 4) is 0 Å². The van der Waals surface area contributed by atoms with Crippen molar-refractivity contribution in [2.24, 2.45) is 5.92 Å². The fourth-order valence-electron chi connectivity index (χ4n) is 2.21. The average Bonchev–Trinajstić information content (AvgIpc) is 3.15. The molecule has 5 heteroatoms. The first-order valence-corrected chi connectivity index (χ1v) is 6.68. The lowest BCUT2D eigenvalue weighted by Crippen LogP contribution is -2.38. The first-order chi connectivity index (χ1) is 8.63. The highest BCUT2D eigenvalue weighted by Gasteiger charge is 2.33. The van der Waals surface area contributed by atoms with Crippen LogP contribution in [0, 0.1) is 5.92 Å². The molecule has 1 aliphatic carbocycles. The molecule has 1 fully saturated rings. The van der Waals surface area contributed by atoms with Crippen LogP contribution in [0.5, 0.6) is 0 Å². The van der Waals surface area contributed by atoms with Crippen LogP contribution < -0.4 is 10.6 Å². The Labute approximate surface area is 113 Å². The Morgan fingerprint density at radius 3 is 2.89 bits per heavy atom. The lowest BCUT2D eigenvalue weighted by Gasteiger charge is -2.31. The smallest absolute Gasteiger partial charge is 0.152 e. The second-order valence-electron chi connectivity index (χ2n) is 4.83. The average molecular weight is 270 g/mol. The van der Waals surface area contributed by atoms with Gasteiger partial charge in [0.15, 0.2) is 5.82 Å². The first-order valence-electron chi connectivity index (χ1n) is 6.30. The van der Waals surface area contributed by atoms with Crippen LogP contribution in [0.4, 0.5) is 11.5 Å². The molecule has 0 radical (unpaired) electrons. The van der Waals surface area contributed by atoms with Crippen LogP contribution in [0.15, 0.2) is 12.3 Å². The van der Waals surface area contributed by atoms with Crippen molar-refractivity contribution in [2.45, 2.75) is 25.8 Å². The first kappa shape index (κ1) is 13.4. The van der Waals surface area contributed by atoms with Crippen LogP contribution in [0.2, 0.25) is 5.02 Å². The molecular formula is C13H20ClN3O. The molecular weight excluding hydrogens is 250 g/mol. The van der Waals surface area contributed by atoms with Crippen molar-refractivity contribution < 1.29 is 4.74 Å². The number of anilines is 2. The minimum absolute atomic E-state index is 0.441. The molecule has 1 saturated carbocycles. The van der Waals surface area contributed by atoms with E-state index in [1.807, 2.05) is 0 Å². The second kappa shape index (κ2) is 5.76. The van der Waals surface area contributed by atoms with Gasteiger partial charge in [0.25, 0.3) is 0 Å². The van der Waals surface area contributed by atoms with Crippen LogP contribution in [-0.2, 0) is 4.74 Å². The summed E-state index contributed by atoms with van der Waals surface area (Å²) in [5.74, 6) is 1.56. The maximum Gasteiger partial charge on any atom is 0.152 e. The summed E-state index contributed by atoms with van der Waals surface area (Å²) in [7, 11) is 1.71. The standard InChI is InChI=1S/C13H20ClN3O/c1-9(10-3-4-10)17(5-6-18-2)13-12(15)7-11(14)8-16-13/h7-10H,3-6,15H2,1-2H3. The van der Waals surface area contributed by atoms with E-state index < -0.39 is 0 Å². The lowest BCUT2D eigenvalue weighted by molar-refractivity contribution is 0.202. The van der Waals surface area contributed by atoms with Gasteiger partial charge in [0.05, 0.1) is 17.3 Å². The van der Waals surface area contributed by atoms with Crippen molar-refractivity contribution in [2.75, 3.05) is 30.9 Å². The molecule has 0 spiro atoms. The van der Waals surface area contributed by atoms with E-state index in [4.69, 9.17) is 22.1 Å². The Balaban J connectivity index is 2.20. The van der Waals surface area contributed by atoms with Crippen LogP contribution in [0.3, 0.4) is 0 Å². The molecule has 0 saturated heterocycles. The van der Waals surface area contributed by atoms with Gasteiger partial charge >= 0.3 is 0 Å². The Bertz CT molecular complexity index is 409. The quantitative estimate of drug-likeness (QED) is 0.862. The molecule has 0 aromatic carbocycles. The minimum atomic E-state index is 0.441. The molecule has 18 heavy (non-hydrogen) atoms. The van der Waals surface area contributed by atoms with Gasteiger partial charge in [0.2, 0.25) is 0 Å². The summed E-state index contributed by atoms with van der Waals surface area (Å²) in [5, 5.41) is 0.571. The van der Waals surface area contributed by atoms with Crippen molar-refractivity contribution in [3.05, 3.63) is 17.3 Å². The van der Waals surface area contributed by atoms with E-state index >= 15 is 0 Å². The van der Waals surface area contributed by atoms with E-state index in [9.17, 15) is 0 Å². The third-order valence-corrected chi connectivity index (χ3v) is 3.67. The molecule has 1 aromatic rings. The number of hydrogen-bond acceptors (Lipinski definition) is 4. The molecule has 1 unspecified atom stereocenters. The zero-order valence-electron chi connectivity index (χ0n) is 10.9. The van der Waals surface area contributed by atoms with Gasteiger partial charge in [-0.2, -0.15) is 0 Å². The van der Waals surface area contributed by atoms with Crippen LogP contribution in [0.1, 0.15) is 19.8 Å². The molecule has 1 aromatic heterocycles. The monoisotopic (exact) mass is 269 g/mol. The molecule has 4 nitrogen and oxygen atoms in total. The van der Waals surface area contributed by atoms with Crippen molar-refractivity contribution in [3.63, 3.8) is 0 Å². The summed E-state index contributed by atoms with van der Waals surface area (Å²) in [6.07, 6.45) is 4.23. The topological polar surface area (TPSA) is 51.4 Å².